The highest BCUT2D eigenvalue weighted by Gasteiger charge is 2.45. The van der Waals surface area contributed by atoms with Crippen molar-refractivity contribution in [3.8, 4) is 0 Å². The highest BCUT2D eigenvalue weighted by atomic mass is 16.3. The fraction of sp³-hybridized carbons (Fsp3) is 0.500. The van der Waals surface area contributed by atoms with Crippen molar-refractivity contribution in [3.05, 3.63) is 24.2 Å². The highest BCUT2D eigenvalue weighted by Crippen LogP contribution is 2.34. The lowest BCUT2D eigenvalue weighted by atomic mass is 9.87. The first-order valence-electron chi connectivity index (χ1n) is 6.84. The molecule has 2 aliphatic rings. The molecule has 1 atom stereocenters. The zero-order valence-corrected chi connectivity index (χ0v) is 11.0. The summed E-state index contributed by atoms with van der Waals surface area (Å²) in [6, 6.07) is 1.05. The average Bonchev–Trinajstić information content (AvgIpc) is 3.07. The maximum absolute atomic E-state index is 12.5. The van der Waals surface area contributed by atoms with E-state index in [2.05, 4.69) is 5.32 Å². The SMILES string of the molecule is O=C1NC(=O)N(Cc2ccoc2)C(=O)C1C1CCCC1. The lowest BCUT2D eigenvalue weighted by Crippen LogP contribution is -2.58. The lowest BCUT2D eigenvalue weighted by molar-refractivity contribution is -0.145. The van der Waals surface area contributed by atoms with Crippen LogP contribution in [0, 0.1) is 11.8 Å². The van der Waals surface area contributed by atoms with Gasteiger partial charge in [0.05, 0.1) is 19.1 Å². The fourth-order valence-corrected chi connectivity index (χ4v) is 3.05. The molecule has 0 spiro atoms. The first kappa shape index (κ1) is 12.9. The lowest BCUT2D eigenvalue weighted by Gasteiger charge is -2.32. The molecule has 6 nitrogen and oxygen atoms in total. The summed E-state index contributed by atoms with van der Waals surface area (Å²) >= 11 is 0. The van der Waals surface area contributed by atoms with E-state index in [4.69, 9.17) is 4.42 Å². The Kier molecular flexibility index (Phi) is 3.30. The van der Waals surface area contributed by atoms with Gasteiger partial charge in [0.1, 0.15) is 5.92 Å². The van der Waals surface area contributed by atoms with Crippen LogP contribution in [-0.2, 0) is 16.1 Å². The normalized spacial score (nSPS) is 24.3. The van der Waals surface area contributed by atoms with Gasteiger partial charge in [0.25, 0.3) is 0 Å². The van der Waals surface area contributed by atoms with Crippen LogP contribution in [0.1, 0.15) is 31.2 Å². The maximum Gasteiger partial charge on any atom is 0.331 e. The molecule has 0 aromatic carbocycles. The maximum atomic E-state index is 12.5. The molecule has 1 aromatic rings. The van der Waals surface area contributed by atoms with Crippen molar-refractivity contribution in [1.82, 2.24) is 10.2 Å². The summed E-state index contributed by atoms with van der Waals surface area (Å²) in [6.45, 7) is 0.137. The third-order valence-electron chi connectivity index (χ3n) is 4.08. The first-order valence-corrected chi connectivity index (χ1v) is 6.84. The number of nitrogens with zero attached hydrogens (tertiary/aromatic N) is 1. The summed E-state index contributed by atoms with van der Waals surface area (Å²) in [4.78, 5) is 37.4. The van der Waals surface area contributed by atoms with E-state index in [0.717, 1.165) is 36.1 Å². The molecule has 1 unspecified atom stereocenters. The van der Waals surface area contributed by atoms with E-state index >= 15 is 0 Å². The molecule has 6 heteroatoms. The number of imide groups is 2. The fourth-order valence-electron chi connectivity index (χ4n) is 3.05. The topological polar surface area (TPSA) is 79.6 Å². The van der Waals surface area contributed by atoms with Gasteiger partial charge in [0.2, 0.25) is 11.8 Å². The third-order valence-corrected chi connectivity index (χ3v) is 4.08. The monoisotopic (exact) mass is 276 g/mol. The molecular weight excluding hydrogens is 260 g/mol. The molecule has 1 aliphatic carbocycles. The van der Waals surface area contributed by atoms with Crippen LogP contribution in [-0.4, -0.2) is 22.7 Å². The molecule has 3 rings (SSSR count). The van der Waals surface area contributed by atoms with Crippen LogP contribution in [0.15, 0.2) is 23.0 Å². The molecule has 1 aliphatic heterocycles. The molecule has 0 radical (unpaired) electrons. The van der Waals surface area contributed by atoms with Crippen molar-refractivity contribution in [2.24, 2.45) is 11.8 Å². The van der Waals surface area contributed by atoms with Crippen molar-refractivity contribution < 1.29 is 18.8 Å². The Labute approximate surface area is 116 Å². The van der Waals surface area contributed by atoms with Crippen molar-refractivity contribution in [2.45, 2.75) is 32.2 Å². The largest absolute Gasteiger partial charge is 0.472 e. The standard InChI is InChI=1S/C14H16N2O4/c17-12-11(10-3-1-2-4-10)13(18)16(14(19)15-12)7-9-5-6-20-8-9/h5-6,8,10-11H,1-4,7H2,(H,15,17,19). The van der Waals surface area contributed by atoms with Crippen molar-refractivity contribution in [1.29, 1.82) is 0 Å². The first-order chi connectivity index (χ1) is 9.66. The number of nitrogens with one attached hydrogen (secondary N) is 1. The number of carbonyl (C=O) groups excluding carboxylic acids is 3. The summed E-state index contributed by atoms with van der Waals surface area (Å²) in [5.74, 6) is -1.49. The van der Waals surface area contributed by atoms with Crippen molar-refractivity contribution in [2.75, 3.05) is 0 Å². The van der Waals surface area contributed by atoms with Gasteiger partial charge in [-0.2, -0.15) is 0 Å². The van der Waals surface area contributed by atoms with Gasteiger partial charge in [-0.15, -0.1) is 0 Å². The van der Waals surface area contributed by atoms with Gasteiger partial charge in [0.15, 0.2) is 0 Å². The predicted octanol–water partition coefficient (Wildman–Crippen LogP) is 1.66. The number of hydrogen-bond acceptors (Lipinski definition) is 4. The Morgan fingerprint density at radius 2 is 2.00 bits per heavy atom. The van der Waals surface area contributed by atoms with Crippen LogP contribution in [0.4, 0.5) is 4.79 Å². The zero-order chi connectivity index (χ0) is 14.1. The van der Waals surface area contributed by atoms with Gasteiger partial charge in [-0.1, -0.05) is 12.8 Å². The van der Waals surface area contributed by atoms with Crippen LogP contribution in [0.25, 0.3) is 0 Å². The Hall–Kier alpha value is -2.11. The van der Waals surface area contributed by atoms with Crippen molar-refractivity contribution in [3.63, 3.8) is 0 Å². The number of furan rings is 1. The molecule has 106 valence electrons. The third kappa shape index (κ3) is 2.21. The summed E-state index contributed by atoms with van der Waals surface area (Å²) in [5, 5.41) is 2.30. The van der Waals surface area contributed by atoms with Crippen LogP contribution in [0.3, 0.4) is 0 Å². The number of hydrogen-bond donors (Lipinski definition) is 1. The van der Waals surface area contributed by atoms with Crippen LogP contribution >= 0.6 is 0 Å². The molecule has 1 N–H and O–H groups in total. The minimum atomic E-state index is -0.720. The second-order valence-electron chi connectivity index (χ2n) is 5.37. The Morgan fingerprint density at radius 3 is 2.65 bits per heavy atom. The van der Waals surface area contributed by atoms with E-state index < -0.39 is 17.9 Å². The van der Waals surface area contributed by atoms with Gasteiger partial charge in [0, 0.05) is 5.56 Å². The van der Waals surface area contributed by atoms with E-state index in [1.165, 1.54) is 12.5 Å². The summed E-state index contributed by atoms with van der Waals surface area (Å²) < 4.78 is 4.94. The molecule has 2 heterocycles. The second kappa shape index (κ2) is 5.11. The van der Waals surface area contributed by atoms with Gasteiger partial charge < -0.3 is 4.42 Å². The highest BCUT2D eigenvalue weighted by molar-refractivity contribution is 6.16. The molecule has 4 amide bonds. The van der Waals surface area contributed by atoms with Crippen LogP contribution < -0.4 is 5.32 Å². The summed E-state index contributed by atoms with van der Waals surface area (Å²) in [6.07, 6.45) is 6.80. The Balaban J connectivity index is 1.80. The summed E-state index contributed by atoms with van der Waals surface area (Å²) in [5.41, 5.74) is 0.730. The van der Waals surface area contributed by atoms with E-state index in [9.17, 15) is 14.4 Å². The number of barbiturate groups is 1. The number of amides is 4. The smallest absolute Gasteiger partial charge is 0.331 e. The van der Waals surface area contributed by atoms with Gasteiger partial charge in [-0.3, -0.25) is 19.8 Å². The van der Waals surface area contributed by atoms with Crippen LogP contribution in [0.2, 0.25) is 0 Å². The van der Waals surface area contributed by atoms with E-state index in [0.29, 0.717) is 0 Å². The minimum absolute atomic E-state index is 0.0578. The van der Waals surface area contributed by atoms with Gasteiger partial charge in [-0.25, -0.2) is 4.79 Å². The van der Waals surface area contributed by atoms with Crippen LogP contribution in [0.5, 0.6) is 0 Å². The van der Waals surface area contributed by atoms with E-state index in [1.807, 2.05) is 0 Å². The second-order valence-corrected chi connectivity index (χ2v) is 5.37. The van der Waals surface area contributed by atoms with Gasteiger partial charge in [-0.05, 0) is 24.8 Å². The summed E-state index contributed by atoms with van der Waals surface area (Å²) in [7, 11) is 0. The van der Waals surface area contributed by atoms with E-state index in [1.54, 1.807) is 6.07 Å². The predicted molar refractivity (Wildman–Crippen MR) is 68.2 cm³/mol. The zero-order valence-electron chi connectivity index (χ0n) is 11.0. The molecule has 20 heavy (non-hydrogen) atoms. The van der Waals surface area contributed by atoms with Crippen molar-refractivity contribution >= 4 is 17.8 Å². The number of urea groups is 1. The Morgan fingerprint density at radius 1 is 1.25 bits per heavy atom. The molecular formula is C14H16N2O4. The molecule has 1 saturated heterocycles. The molecule has 1 saturated carbocycles. The number of carbonyl (C=O) groups is 3. The molecule has 2 fully saturated rings. The Bertz CT molecular complexity index is 531. The van der Waals surface area contributed by atoms with Gasteiger partial charge >= 0.3 is 6.03 Å². The van der Waals surface area contributed by atoms with E-state index in [-0.39, 0.29) is 18.4 Å². The molecule has 0 bridgehead atoms. The minimum Gasteiger partial charge on any atom is -0.472 e. The average molecular weight is 276 g/mol. The number of rotatable bonds is 3. The quantitative estimate of drug-likeness (QED) is 0.851. The molecule has 1 aromatic heterocycles.